The summed E-state index contributed by atoms with van der Waals surface area (Å²) < 4.78 is 5.56. The van der Waals surface area contributed by atoms with Crippen molar-refractivity contribution in [3.63, 3.8) is 0 Å². The molecule has 0 aliphatic carbocycles. The van der Waals surface area contributed by atoms with Crippen LogP contribution in [-0.2, 0) is 17.0 Å². The molecule has 1 atom stereocenters. The number of benzene rings is 2. The molecule has 0 aromatic heterocycles. The van der Waals surface area contributed by atoms with Gasteiger partial charge in [-0.1, -0.05) is 36.4 Å². The number of carbonyl (C=O) groups excluding carboxylic acids is 1. The molecule has 1 unspecified atom stereocenters. The van der Waals surface area contributed by atoms with Crippen LogP contribution in [0.15, 0.2) is 53.4 Å². The summed E-state index contributed by atoms with van der Waals surface area (Å²) in [5.41, 5.74) is 3.12. The number of hydrogen-bond acceptors (Lipinski definition) is 4. The van der Waals surface area contributed by atoms with Crippen LogP contribution in [0.1, 0.15) is 43.6 Å². The molecule has 4 nitrogen and oxygen atoms in total. The van der Waals surface area contributed by atoms with Crippen LogP contribution in [0.3, 0.4) is 0 Å². The quantitative estimate of drug-likeness (QED) is 0.774. The van der Waals surface area contributed by atoms with E-state index in [0.29, 0.717) is 6.54 Å². The Hall–Kier alpha value is -1.98. The van der Waals surface area contributed by atoms with Crippen molar-refractivity contribution in [1.29, 1.82) is 0 Å². The Kier molecular flexibility index (Phi) is 5.58. The minimum atomic E-state index is -0.499. The van der Waals surface area contributed by atoms with Gasteiger partial charge < -0.3 is 4.74 Å². The van der Waals surface area contributed by atoms with Gasteiger partial charge in [-0.25, -0.2) is 4.79 Å². The standard InChI is InChI=1S/C21H26N2O2S/c1-21(2,3)25-20(24)23-13-16-12-17(10-11-18(16)19(23)22-4)26-14-15-8-6-5-7-9-15/h5-12,19,22H,13-14H2,1-4H3. The van der Waals surface area contributed by atoms with E-state index in [0.717, 1.165) is 11.3 Å². The Morgan fingerprint density at radius 1 is 1.23 bits per heavy atom. The van der Waals surface area contributed by atoms with Crippen LogP contribution in [0, 0.1) is 0 Å². The van der Waals surface area contributed by atoms with Crippen LogP contribution in [0.2, 0.25) is 0 Å². The minimum Gasteiger partial charge on any atom is -0.444 e. The molecular weight excluding hydrogens is 344 g/mol. The van der Waals surface area contributed by atoms with E-state index in [1.54, 1.807) is 4.90 Å². The molecule has 0 bridgehead atoms. The third-order valence-corrected chi connectivity index (χ3v) is 5.28. The number of rotatable bonds is 4. The fraction of sp³-hybridized carbons (Fsp3) is 0.381. The van der Waals surface area contributed by atoms with Crippen molar-refractivity contribution in [2.24, 2.45) is 0 Å². The molecule has 1 heterocycles. The van der Waals surface area contributed by atoms with E-state index in [4.69, 9.17) is 4.74 Å². The van der Waals surface area contributed by atoms with Gasteiger partial charge in [-0.15, -0.1) is 11.8 Å². The highest BCUT2D eigenvalue weighted by Gasteiger charge is 2.35. The lowest BCUT2D eigenvalue weighted by atomic mass is 10.1. The number of thioether (sulfide) groups is 1. The summed E-state index contributed by atoms with van der Waals surface area (Å²) in [6.45, 7) is 6.23. The molecule has 0 saturated carbocycles. The maximum atomic E-state index is 12.6. The topological polar surface area (TPSA) is 41.6 Å². The maximum absolute atomic E-state index is 12.6. The van der Waals surface area contributed by atoms with E-state index in [2.05, 4.69) is 47.8 Å². The zero-order chi connectivity index (χ0) is 18.7. The van der Waals surface area contributed by atoms with Gasteiger partial charge in [-0.2, -0.15) is 0 Å². The van der Waals surface area contributed by atoms with Gasteiger partial charge in [0.15, 0.2) is 0 Å². The molecule has 26 heavy (non-hydrogen) atoms. The summed E-state index contributed by atoms with van der Waals surface area (Å²) in [6, 6.07) is 16.9. The lowest BCUT2D eigenvalue weighted by molar-refractivity contribution is 0.0147. The first-order chi connectivity index (χ1) is 12.4. The monoisotopic (exact) mass is 370 g/mol. The van der Waals surface area contributed by atoms with Crippen LogP contribution in [0.25, 0.3) is 0 Å². The van der Waals surface area contributed by atoms with Gasteiger partial charge in [0, 0.05) is 10.6 Å². The Bertz CT molecular complexity index is 771. The Balaban J connectivity index is 1.73. The normalized spacial score (nSPS) is 16.5. The van der Waals surface area contributed by atoms with E-state index in [1.165, 1.54) is 16.0 Å². The Morgan fingerprint density at radius 3 is 2.62 bits per heavy atom. The summed E-state index contributed by atoms with van der Waals surface area (Å²) >= 11 is 1.81. The van der Waals surface area contributed by atoms with Crippen molar-refractivity contribution in [3.05, 3.63) is 65.2 Å². The van der Waals surface area contributed by atoms with Crippen LogP contribution >= 0.6 is 11.8 Å². The van der Waals surface area contributed by atoms with Gasteiger partial charge in [-0.3, -0.25) is 10.2 Å². The molecule has 2 aromatic carbocycles. The molecule has 0 spiro atoms. The number of hydrogen-bond donors (Lipinski definition) is 1. The van der Waals surface area contributed by atoms with Crippen molar-refractivity contribution in [3.8, 4) is 0 Å². The predicted octanol–water partition coefficient (Wildman–Crippen LogP) is 4.95. The molecule has 1 aliphatic heterocycles. The number of carbonyl (C=O) groups is 1. The van der Waals surface area contributed by atoms with Gasteiger partial charge in [0.2, 0.25) is 0 Å². The Morgan fingerprint density at radius 2 is 1.96 bits per heavy atom. The second kappa shape index (κ2) is 7.72. The van der Waals surface area contributed by atoms with Crippen LogP contribution in [0.4, 0.5) is 4.79 Å². The molecule has 1 aliphatic rings. The van der Waals surface area contributed by atoms with Gasteiger partial charge in [-0.05, 0) is 56.6 Å². The largest absolute Gasteiger partial charge is 0.444 e. The first-order valence-corrected chi connectivity index (χ1v) is 9.82. The number of fused-ring (bicyclic) bond motifs is 1. The number of nitrogens with zero attached hydrogens (tertiary/aromatic N) is 1. The van der Waals surface area contributed by atoms with Crippen molar-refractivity contribution in [1.82, 2.24) is 10.2 Å². The van der Waals surface area contributed by atoms with E-state index >= 15 is 0 Å². The fourth-order valence-corrected chi connectivity index (χ4v) is 3.98. The smallest absolute Gasteiger partial charge is 0.412 e. The number of nitrogens with one attached hydrogen (secondary N) is 1. The summed E-state index contributed by atoms with van der Waals surface area (Å²) in [5, 5.41) is 3.23. The fourth-order valence-electron chi connectivity index (χ4n) is 3.06. The average molecular weight is 371 g/mol. The van der Waals surface area contributed by atoms with Crippen LogP contribution in [0.5, 0.6) is 0 Å². The zero-order valence-corrected chi connectivity index (χ0v) is 16.6. The molecule has 1 amide bonds. The maximum Gasteiger partial charge on any atom is 0.412 e. The molecular formula is C21H26N2O2S. The summed E-state index contributed by atoms with van der Waals surface area (Å²) in [7, 11) is 1.87. The predicted molar refractivity (Wildman–Crippen MR) is 106 cm³/mol. The average Bonchev–Trinajstić information content (AvgIpc) is 2.97. The molecule has 5 heteroatoms. The Labute approximate surface area is 159 Å². The van der Waals surface area contributed by atoms with Crippen molar-refractivity contribution in [2.45, 2.75) is 49.7 Å². The molecule has 0 fully saturated rings. The SMILES string of the molecule is CNC1c2ccc(SCc3ccccc3)cc2CN1C(=O)OC(C)(C)C. The lowest BCUT2D eigenvalue weighted by Crippen LogP contribution is -2.39. The lowest BCUT2D eigenvalue weighted by Gasteiger charge is -2.28. The van der Waals surface area contributed by atoms with Crippen LogP contribution in [-0.4, -0.2) is 23.6 Å². The number of ether oxygens (including phenoxy) is 1. The molecule has 138 valence electrons. The molecule has 0 radical (unpaired) electrons. The van der Waals surface area contributed by atoms with Gasteiger partial charge in [0.1, 0.15) is 11.8 Å². The van der Waals surface area contributed by atoms with E-state index in [1.807, 2.05) is 45.6 Å². The highest BCUT2D eigenvalue weighted by molar-refractivity contribution is 7.98. The second-order valence-electron chi connectivity index (χ2n) is 7.43. The van der Waals surface area contributed by atoms with E-state index in [-0.39, 0.29) is 12.3 Å². The third-order valence-electron chi connectivity index (χ3n) is 4.21. The second-order valence-corrected chi connectivity index (χ2v) is 8.48. The van der Waals surface area contributed by atoms with E-state index < -0.39 is 5.60 Å². The van der Waals surface area contributed by atoms with E-state index in [9.17, 15) is 4.79 Å². The van der Waals surface area contributed by atoms with Gasteiger partial charge in [0.25, 0.3) is 0 Å². The zero-order valence-electron chi connectivity index (χ0n) is 15.8. The highest BCUT2D eigenvalue weighted by atomic mass is 32.2. The summed E-state index contributed by atoms with van der Waals surface area (Å²) in [5.74, 6) is 0.935. The van der Waals surface area contributed by atoms with Crippen LogP contribution < -0.4 is 5.32 Å². The third kappa shape index (κ3) is 4.40. The molecule has 1 N–H and O–H groups in total. The van der Waals surface area contributed by atoms with Gasteiger partial charge >= 0.3 is 6.09 Å². The summed E-state index contributed by atoms with van der Waals surface area (Å²) in [6.07, 6.45) is -0.431. The molecule has 3 rings (SSSR count). The summed E-state index contributed by atoms with van der Waals surface area (Å²) in [4.78, 5) is 15.5. The van der Waals surface area contributed by atoms with Gasteiger partial charge in [0.05, 0.1) is 6.54 Å². The minimum absolute atomic E-state index is 0.145. The molecule has 0 saturated heterocycles. The van der Waals surface area contributed by atoms with Crippen molar-refractivity contribution in [2.75, 3.05) is 7.05 Å². The highest BCUT2D eigenvalue weighted by Crippen LogP contribution is 2.35. The first kappa shape index (κ1) is 18.8. The molecule has 2 aromatic rings. The van der Waals surface area contributed by atoms with Crippen molar-refractivity contribution >= 4 is 17.9 Å². The number of amides is 1. The van der Waals surface area contributed by atoms with Crippen molar-refractivity contribution < 1.29 is 9.53 Å². The first-order valence-electron chi connectivity index (χ1n) is 8.84.